The third-order valence-electron chi connectivity index (χ3n) is 13.1. The van der Waals surface area contributed by atoms with Gasteiger partial charge in [-0.1, -0.05) is 48.5 Å². The monoisotopic (exact) mass is 782 g/mol. The molecule has 2 N–H and O–H groups in total. The predicted molar refractivity (Wildman–Crippen MR) is 236 cm³/mol. The lowest BCUT2D eigenvalue weighted by Gasteiger charge is -2.38. The maximum Gasteiger partial charge on any atom is 0.130 e. The molecular formula is C50H58N2O6. The zero-order chi connectivity index (χ0) is 41.7. The van der Waals surface area contributed by atoms with Crippen molar-refractivity contribution in [2.75, 3.05) is 42.5 Å². The van der Waals surface area contributed by atoms with Crippen LogP contribution in [0.15, 0.2) is 72.8 Å². The summed E-state index contributed by atoms with van der Waals surface area (Å²) in [5.74, 6) is 3.84. The van der Waals surface area contributed by atoms with Gasteiger partial charge >= 0.3 is 0 Å². The number of aryl methyl sites for hydroxylation is 2. The molecule has 6 aromatic rings. The number of phenolic OH excluding ortho intramolecular Hbond substituents is 2. The average Bonchev–Trinajstić information content (AvgIpc) is 3.22. The van der Waals surface area contributed by atoms with Crippen LogP contribution >= 0.6 is 0 Å². The summed E-state index contributed by atoms with van der Waals surface area (Å²) in [4.78, 5) is 4.65. The molecule has 8 rings (SSSR count). The van der Waals surface area contributed by atoms with E-state index in [1.165, 1.54) is 11.1 Å². The van der Waals surface area contributed by atoms with Crippen molar-refractivity contribution < 1.29 is 29.2 Å². The van der Waals surface area contributed by atoms with Crippen LogP contribution in [0.1, 0.15) is 73.2 Å². The summed E-state index contributed by atoms with van der Waals surface area (Å²) in [5, 5.41) is 26.7. The van der Waals surface area contributed by atoms with E-state index in [-0.39, 0.29) is 12.1 Å². The first-order chi connectivity index (χ1) is 27.8. The van der Waals surface area contributed by atoms with Gasteiger partial charge in [0, 0.05) is 46.4 Å². The highest BCUT2D eigenvalue weighted by molar-refractivity contribution is 6.07. The molecule has 6 aromatic carbocycles. The van der Waals surface area contributed by atoms with Crippen molar-refractivity contribution in [2.45, 2.75) is 78.6 Å². The number of hydrogen-bond donors (Lipinski definition) is 2. The molecule has 0 aliphatic carbocycles. The molecule has 4 atom stereocenters. The number of nitrogens with zero attached hydrogens (tertiary/aromatic N) is 2. The minimum atomic E-state index is 0.160. The van der Waals surface area contributed by atoms with Gasteiger partial charge in [0.2, 0.25) is 0 Å². The van der Waals surface area contributed by atoms with Gasteiger partial charge in [0.25, 0.3) is 0 Å². The Labute approximate surface area is 343 Å². The fourth-order valence-electron chi connectivity index (χ4n) is 9.56. The molecule has 2 aliphatic rings. The molecule has 304 valence electrons. The van der Waals surface area contributed by atoms with E-state index in [1.807, 2.05) is 36.4 Å². The second-order valence-corrected chi connectivity index (χ2v) is 16.2. The lowest BCUT2D eigenvalue weighted by molar-refractivity contribution is 0.176. The van der Waals surface area contributed by atoms with E-state index >= 15 is 0 Å². The van der Waals surface area contributed by atoms with E-state index in [4.69, 9.17) is 18.9 Å². The van der Waals surface area contributed by atoms with Gasteiger partial charge in [-0.05, 0) is 137 Å². The summed E-state index contributed by atoms with van der Waals surface area (Å²) >= 11 is 0. The van der Waals surface area contributed by atoms with E-state index in [0.29, 0.717) is 23.6 Å². The predicted octanol–water partition coefficient (Wildman–Crippen LogP) is 11.0. The number of aromatic hydroxyl groups is 2. The standard InChI is InChI=1S/2C25H29NO3/c2*1-14-12-21(29-6)24-18(8-7-9-20(24)28-5)22(14)19-11-10-17-13-15(2)26(4)16(3)23(17)25(19)27/h2*7-12,15-16,27H,13H2,1-6H3/t2*15-,16?/m11/s1. The minimum Gasteiger partial charge on any atom is -0.507 e. The largest absolute Gasteiger partial charge is 0.507 e. The van der Waals surface area contributed by atoms with E-state index in [2.05, 4.69) is 102 Å². The molecule has 58 heavy (non-hydrogen) atoms. The number of phenols is 2. The first-order valence-corrected chi connectivity index (χ1v) is 20.2. The molecule has 2 unspecified atom stereocenters. The summed E-state index contributed by atoms with van der Waals surface area (Å²) in [6.07, 6.45) is 1.89. The normalized spacial score (nSPS) is 19.2. The topological polar surface area (TPSA) is 83.9 Å². The molecule has 0 bridgehead atoms. The van der Waals surface area contributed by atoms with Gasteiger partial charge in [-0.15, -0.1) is 0 Å². The van der Waals surface area contributed by atoms with Gasteiger partial charge in [0.1, 0.15) is 34.5 Å². The quantitative estimate of drug-likeness (QED) is 0.173. The van der Waals surface area contributed by atoms with Crippen LogP contribution in [-0.4, -0.2) is 74.6 Å². The maximum atomic E-state index is 11.4. The summed E-state index contributed by atoms with van der Waals surface area (Å²) in [7, 11) is 10.9. The number of likely N-dealkylation sites (N-methyl/N-ethyl adjacent to an activating group) is 2. The second kappa shape index (κ2) is 16.1. The molecule has 2 heterocycles. The molecule has 0 fully saturated rings. The molecule has 2 aliphatic heterocycles. The molecule has 0 saturated heterocycles. The van der Waals surface area contributed by atoms with Gasteiger partial charge in [0.05, 0.1) is 39.2 Å². The highest BCUT2D eigenvalue weighted by Crippen LogP contribution is 2.50. The SMILES string of the molecule is COc1cccc2c(-c3ccc4c(c3O)C(C)N(C)[C@H](C)C4)c(C)cc(OC)c12.COc1cccc2c(-c3ccc4c(c3O)C(C)N(C)[C@H](C)C4)c(C)cc(OC)c12. The van der Waals surface area contributed by atoms with E-state index < -0.39 is 0 Å². The molecule has 0 radical (unpaired) electrons. The van der Waals surface area contributed by atoms with E-state index in [9.17, 15) is 10.2 Å². The van der Waals surface area contributed by atoms with Crippen molar-refractivity contribution in [2.24, 2.45) is 0 Å². The molecule has 0 amide bonds. The van der Waals surface area contributed by atoms with Gasteiger partial charge < -0.3 is 29.2 Å². The summed E-state index contributed by atoms with van der Waals surface area (Å²) in [6, 6.07) is 25.7. The summed E-state index contributed by atoms with van der Waals surface area (Å²) in [5.41, 5.74) is 10.4. The lowest BCUT2D eigenvalue weighted by atomic mass is 9.84. The number of benzene rings is 6. The summed E-state index contributed by atoms with van der Waals surface area (Å²) in [6.45, 7) is 12.9. The zero-order valence-electron chi connectivity index (χ0n) is 36.1. The molecule has 0 spiro atoms. The Balaban J connectivity index is 0.000000177. The van der Waals surface area contributed by atoms with Crippen molar-refractivity contribution in [1.82, 2.24) is 9.80 Å². The smallest absolute Gasteiger partial charge is 0.130 e. The molecular weight excluding hydrogens is 725 g/mol. The maximum absolute atomic E-state index is 11.4. The first kappa shape index (κ1) is 40.7. The summed E-state index contributed by atoms with van der Waals surface area (Å²) < 4.78 is 22.5. The van der Waals surface area contributed by atoms with E-state index in [0.717, 1.165) is 102 Å². The van der Waals surface area contributed by atoms with E-state index in [1.54, 1.807) is 28.4 Å². The van der Waals surface area contributed by atoms with Crippen LogP contribution in [0.3, 0.4) is 0 Å². The molecule has 8 nitrogen and oxygen atoms in total. The van der Waals surface area contributed by atoms with Crippen LogP contribution in [0.25, 0.3) is 43.8 Å². The van der Waals surface area contributed by atoms with Gasteiger partial charge in [-0.2, -0.15) is 0 Å². The Kier molecular flexibility index (Phi) is 11.3. The third-order valence-corrected chi connectivity index (χ3v) is 13.1. The Morgan fingerprint density at radius 1 is 0.517 bits per heavy atom. The number of ether oxygens (including phenoxy) is 4. The molecule has 0 aromatic heterocycles. The van der Waals surface area contributed by atoms with Crippen LogP contribution in [0.2, 0.25) is 0 Å². The first-order valence-electron chi connectivity index (χ1n) is 20.2. The van der Waals surface area contributed by atoms with Crippen LogP contribution in [0.4, 0.5) is 0 Å². The van der Waals surface area contributed by atoms with Crippen LogP contribution in [-0.2, 0) is 12.8 Å². The highest BCUT2D eigenvalue weighted by Gasteiger charge is 2.32. The number of rotatable bonds is 6. The van der Waals surface area contributed by atoms with Crippen molar-refractivity contribution in [3.63, 3.8) is 0 Å². The number of hydrogen-bond acceptors (Lipinski definition) is 8. The molecule has 8 heteroatoms. The third kappa shape index (κ3) is 6.66. The second-order valence-electron chi connectivity index (χ2n) is 16.2. The van der Waals surface area contributed by atoms with Crippen molar-refractivity contribution >= 4 is 21.5 Å². The van der Waals surface area contributed by atoms with Crippen molar-refractivity contribution in [3.8, 4) is 56.8 Å². The Morgan fingerprint density at radius 2 is 0.879 bits per heavy atom. The fourth-order valence-corrected chi connectivity index (χ4v) is 9.56. The van der Waals surface area contributed by atoms with Crippen molar-refractivity contribution in [1.29, 1.82) is 0 Å². The molecule has 0 saturated carbocycles. The number of methoxy groups -OCH3 is 4. The van der Waals surface area contributed by atoms with Gasteiger partial charge in [-0.3, -0.25) is 9.80 Å². The fraction of sp³-hybridized carbons (Fsp3) is 0.360. The van der Waals surface area contributed by atoms with Crippen molar-refractivity contribution in [3.05, 3.63) is 106 Å². The van der Waals surface area contributed by atoms with Crippen LogP contribution < -0.4 is 18.9 Å². The Hall–Kier alpha value is -5.44. The van der Waals surface area contributed by atoms with Crippen LogP contribution in [0.5, 0.6) is 34.5 Å². The number of fused-ring (bicyclic) bond motifs is 4. The highest BCUT2D eigenvalue weighted by atomic mass is 16.5. The van der Waals surface area contributed by atoms with Gasteiger partial charge in [0.15, 0.2) is 0 Å². The average molecular weight is 783 g/mol. The minimum absolute atomic E-state index is 0.160. The Morgan fingerprint density at radius 3 is 1.22 bits per heavy atom. The zero-order valence-corrected chi connectivity index (χ0v) is 36.1. The van der Waals surface area contributed by atoms with Gasteiger partial charge in [-0.25, -0.2) is 0 Å². The lowest BCUT2D eigenvalue weighted by Crippen LogP contribution is -2.38. The Bertz CT molecular complexity index is 2350. The van der Waals surface area contributed by atoms with Crippen LogP contribution in [0, 0.1) is 13.8 Å².